The average Bonchev–Trinajstić information content (AvgIpc) is 3.32. The number of thiophene rings is 1. The lowest BCUT2D eigenvalue weighted by Crippen LogP contribution is -2.49. The van der Waals surface area contributed by atoms with Gasteiger partial charge in [0.05, 0.1) is 5.39 Å². The van der Waals surface area contributed by atoms with Gasteiger partial charge >= 0.3 is 0 Å². The van der Waals surface area contributed by atoms with Gasteiger partial charge in [0.15, 0.2) is 0 Å². The van der Waals surface area contributed by atoms with Crippen LogP contribution in [0.5, 0.6) is 5.75 Å². The predicted molar refractivity (Wildman–Crippen MR) is 123 cm³/mol. The Morgan fingerprint density at radius 2 is 1.81 bits per heavy atom. The summed E-state index contributed by atoms with van der Waals surface area (Å²) in [6, 6.07) is 19.5. The summed E-state index contributed by atoms with van der Waals surface area (Å²) in [6.07, 6.45) is 1.62. The largest absolute Gasteiger partial charge is 0.489 e. The monoisotopic (exact) mass is 430 g/mol. The minimum atomic E-state index is 0.0354. The van der Waals surface area contributed by atoms with Crippen molar-refractivity contribution < 1.29 is 9.53 Å². The van der Waals surface area contributed by atoms with Crippen LogP contribution in [0.25, 0.3) is 10.2 Å². The average molecular weight is 431 g/mol. The zero-order valence-electron chi connectivity index (χ0n) is 17.0. The molecule has 1 aliphatic rings. The van der Waals surface area contributed by atoms with E-state index >= 15 is 0 Å². The second-order valence-corrected chi connectivity index (χ2v) is 8.31. The third-order valence-corrected chi connectivity index (χ3v) is 6.26. The predicted octanol–water partition coefficient (Wildman–Crippen LogP) is 4.23. The Morgan fingerprint density at radius 3 is 2.65 bits per heavy atom. The Hall–Kier alpha value is -3.45. The highest BCUT2D eigenvalue weighted by Gasteiger charge is 2.24. The van der Waals surface area contributed by atoms with Gasteiger partial charge < -0.3 is 14.5 Å². The van der Waals surface area contributed by atoms with Crippen molar-refractivity contribution in [2.24, 2.45) is 0 Å². The molecule has 6 nitrogen and oxygen atoms in total. The maximum absolute atomic E-state index is 13.1. The van der Waals surface area contributed by atoms with Gasteiger partial charge in [-0.25, -0.2) is 9.97 Å². The number of amides is 1. The molecule has 0 atom stereocenters. The van der Waals surface area contributed by atoms with E-state index in [2.05, 4.69) is 20.9 Å². The third kappa shape index (κ3) is 4.22. The van der Waals surface area contributed by atoms with Gasteiger partial charge in [-0.3, -0.25) is 4.79 Å². The Kier molecular flexibility index (Phi) is 5.50. The van der Waals surface area contributed by atoms with E-state index in [0.717, 1.165) is 34.7 Å². The number of ether oxygens (including phenoxy) is 1. The highest BCUT2D eigenvalue weighted by molar-refractivity contribution is 7.16. The number of hydrogen-bond donors (Lipinski definition) is 0. The van der Waals surface area contributed by atoms with E-state index in [1.165, 1.54) is 0 Å². The normalized spacial score (nSPS) is 14.1. The van der Waals surface area contributed by atoms with Gasteiger partial charge in [0.2, 0.25) is 0 Å². The first kappa shape index (κ1) is 19.5. The van der Waals surface area contributed by atoms with Crippen LogP contribution >= 0.6 is 11.3 Å². The third-order valence-electron chi connectivity index (χ3n) is 5.44. The Bertz CT molecular complexity index is 1190. The van der Waals surface area contributed by atoms with E-state index in [9.17, 15) is 4.79 Å². The molecule has 1 fully saturated rings. The molecular weight excluding hydrogens is 408 g/mol. The van der Waals surface area contributed by atoms with Gasteiger partial charge in [-0.15, -0.1) is 11.3 Å². The van der Waals surface area contributed by atoms with E-state index in [4.69, 9.17) is 4.74 Å². The molecule has 2 aromatic heterocycles. The number of carbonyl (C=O) groups is 1. The smallest absolute Gasteiger partial charge is 0.254 e. The van der Waals surface area contributed by atoms with Crippen LogP contribution in [-0.4, -0.2) is 47.0 Å². The summed E-state index contributed by atoms with van der Waals surface area (Å²) < 4.78 is 5.89. The van der Waals surface area contributed by atoms with Crippen LogP contribution in [0, 0.1) is 0 Å². The Balaban J connectivity index is 1.23. The van der Waals surface area contributed by atoms with E-state index in [1.807, 2.05) is 64.9 Å². The number of anilines is 1. The quantitative estimate of drug-likeness (QED) is 0.474. The van der Waals surface area contributed by atoms with Crippen LogP contribution < -0.4 is 9.64 Å². The van der Waals surface area contributed by atoms with Gasteiger partial charge in [-0.05, 0) is 35.2 Å². The molecule has 0 spiro atoms. The first-order valence-corrected chi connectivity index (χ1v) is 11.1. The van der Waals surface area contributed by atoms with E-state index in [-0.39, 0.29) is 5.91 Å². The minimum absolute atomic E-state index is 0.0354. The van der Waals surface area contributed by atoms with Crippen molar-refractivity contribution in [1.82, 2.24) is 14.9 Å². The molecule has 1 saturated heterocycles. The fraction of sp³-hybridized carbons (Fsp3) is 0.208. The van der Waals surface area contributed by atoms with Gasteiger partial charge in [-0.1, -0.05) is 36.4 Å². The molecule has 0 saturated carbocycles. The minimum Gasteiger partial charge on any atom is -0.489 e. The zero-order chi connectivity index (χ0) is 21.0. The lowest BCUT2D eigenvalue weighted by molar-refractivity contribution is 0.0746. The van der Waals surface area contributed by atoms with E-state index in [1.54, 1.807) is 17.7 Å². The van der Waals surface area contributed by atoms with Crippen molar-refractivity contribution in [3.8, 4) is 5.75 Å². The van der Waals surface area contributed by atoms with Crippen LogP contribution in [0.1, 0.15) is 15.9 Å². The zero-order valence-corrected chi connectivity index (χ0v) is 17.8. The standard InChI is InChI=1S/C24H22N4O2S/c29-24(19-7-4-8-20(15-19)30-16-18-5-2-1-3-6-18)28-12-10-27(11-13-28)22-21-9-14-31-23(21)26-17-25-22/h1-9,14-15,17H,10-13,16H2. The van der Waals surface area contributed by atoms with Crippen LogP contribution in [0.3, 0.4) is 0 Å². The molecule has 0 radical (unpaired) electrons. The maximum Gasteiger partial charge on any atom is 0.254 e. The van der Waals surface area contributed by atoms with Gasteiger partial charge in [-0.2, -0.15) is 0 Å². The van der Waals surface area contributed by atoms with Gasteiger partial charge in [0.1, 0.15) is 29.3 Å². The molecule has 0 aliphatic carbocycles. The number of aromatic nitrogens is 2. The fourth-order valence-electron chi connectivity index (χ4n) is 3.79. The summed E-state index contributed by atoms with van der Waals surface area (Å²) in [5, 5.41) is 3.12. The number of carbonyl (C=O) groups excluding carboxylic acids is 1. The molecule has 7 heteroatoms. The molecule has 0 N–H and O–H groups in total. The van der Waals surface area contributed by atoms with Crippen LogP contribution in [-0.2, 0) is 6.61 Å². The number of benzene rings is 2. The molecule has 1 aliphatic heterocycles. The van der Waals surface area contributed by atoms with Crippen molar-refractivity contribution in [3.63, 3.8) is 0 Å². The number of nitrogens with zero attached hydrogens (tertiary/aromatic N) is 4. The number of piperazine rings is 1. The lowest BCUT2D eigenvalue weighted by Gasteiger charge is -2.35. The summed E-state index contributed by atoms with van der Waals surface area (Å²) in [6.45, 7) is 3.29. The Morgan fingerprint density at radius 1 is 0.968 bits per heavy atom. The highest BCUT2D eigenvalue weighted by Crippen LogP contribution is 2.27. The summed E-state index contributed by atoms with van der Waals surface area (Å²) in [4.78, 5) is 27.0. The summed E-state index contributed by atoms with van der Waals surface area (Å²) >= 11 is 1.62. The molecule has 4 aromatic rings. The maximum atomic E-state index is 13.1. The van der Waals surface area contributed by atoms with Gasteiger partial charge in [0, 0.05) is 31.7 Å². The molecule has 1 amide bonds. The van der Waals surface area contributed by atoms with Crippen molar-refractivity contribution in [1.29, 1.82) is 0 Å². The SMILES string of the molecule is O=C(c1cccc(OCc2ccccc2)c1)N1CCN(c2ncnc3sccc23)CC1. The molecular formula is C24H22N4O2S. The Labute approximate surface area is 184 Å². The number of rotatable bonds is 5. The van der Waals surface area contributed by atoms with Crippen molar-refractivity contribution >= 4 is 33.3 Å². The summed E-state index contributed by atoms with van der Waals surface area (Å²) in [5.74, 6) is 1.69. The molecule has 156 valence electrons. The first-order chi connectivity index (χ1) is 15.3. The van der Waals surface area contributed by atoms with Crippen LogP contribution in [0.15, 0.2) is 72.4 Å². The fourth-order valence-corrected chi connectivity index (χ4v) is 4.52. The first-order valence-electron chi connectivity index (χ1n) is 10.3. The summed E-state index contributed by atoms with van der Waals surface area (Å²) in [7, 11) is 0. The molecule has 5 rings (SSSR count). The van der Waals surface area contributed by atoms with E-state index in [0.29, 0.717) is 31.0 Å². The summed E-state index contributed by atoms with van der Waals surface area (Å²) in [5.41, 5.74) is 1.75. The van der Waals surface area contributed by atoms with E-state index < -0.39 is 0 Å². The second-order valence-electron chi connectivity index (χ2n) is 7.42. The highest BCUT2D eigenvalue weighted by atomic mass is 32.1. The number of hydrogen-bond acceptors (Lipinski definition) is 6. The second kappa shape index (κ2) is 8.73. The molecule has 3 heterocycles. The molecule has 2 aromatic carbocycles. The van der Waals surface area contributed by atoms with Crippen molar-refractivity contribution in [3.05, 3.63) is 83.5 Å². The molecule has 0 bridgehead atoms. The lowest BCUT2D eigenvalue weighted by atomic mass is 10.1. The molecule has 0 unspecified atom stereocenters. The topological polar surface area (TPSA) is 58.6 Å². The van der Waals surface area contributed by atoms with Crippen LogP contribution in [0.2, 0.25) is 0 Å². The van der Waals surface area contributed by atoms with Crippen LogP contribution in [0.4, 0.5) is 5.82 Å². The number of fused-ring (bicyclic) bond motifs is 1. The van der Waals surface area contributed by atoms with Gasteiger partial charge in [0.25, 0.3) is 5.91 Å². The van der Waals surface area contributed by atoms with Crippen molar-refractivity contribution in [2.45, 2.75) is 6.61 Å². The van der Waals surface area contributed by atoms with Crippen molar-refractivity contribution in [2.75, 3.05) is 31.1 Å². The molecule has 31 heavy (non-hydrogen) atoms.